The molecule has 1 saturated heterocycles. The number of hydrogen-bond donors (Lipinski definition) is 0. The van der Waals surface area contributed by atoms with Crippen molar-refractivity contribution in [3.05, 3.63) is 76.9 Å². The molecule has 1 aliphatic heterocycles. The molecular formula is C24H25ClN2O2. The molecule has 1 fully saturated rings. The lowest BCUT2D eigenvalue weighted by Crippen LogP contribution is -2.48. The molecule has 2 atom stereocenters. The van der Waals surface area contributed by atoms with Crippen LogP contribution in [-0.2, 0) is 4.74 Å². The van der Waals surface area contributed by atoms with Crippen molar-refractivity contribution < 1.29 is 9.53 Å². The van der Waals surface area contributed by atoms with E-state index in [0.717, 1.165) is 22.6 Å². The van der Waals surface area contributed by atoms with Crippen LogP contribution in [0.5, 0.6) is 0 Å². The largest absolute Gasteiger partial charge is 0.372 e. The molecular weight excluding hydrogens is 384 g/mol. The number of ether oxygens (including phenoxy) is 1. The van der Waals surface area contributed by atoms with Crippen molar-refractivity contribution in [1.82, 2.24) is 9.47 Å². The van der Waals surface area contributed by atoms with Gasteiger partial charge in [-0.05, 0) is 44.5 Å². The quantitative estimate of drug-likeness (QED) is 0.585. The molecule has 0 radical (unpaired) electrons. The van der Waals surface area contributed by atoms with Crippen LogP contribution in [0.2, 0.25) is 5.02 Å². The highest BCUT2D eigenvalue weighted by Crippen LogP contribution is 2.33. The Morgan fingerprint density at radius 1 is 1.00 bits per heavy atom. The third kappa shape index (κ3) is 3.83. The van der Waals surface area contributed by atoms with E-state index in [-0.39, 0.29) is 18.1 Å². The summed E-state index contributed by atoms with van der Waals surface area (Å²) in [7, 11) is 0. The van der Waals surface area contributed by atoms with E-state index < -0.39 is 0 Å². The zero-order valence-electron chi connectivity index (χ0n) is 16.9. The van der Waals surface area contributed by atoms with Gasteiger partial charge < -0.3 is 14.2 Å². The summed E-state index contributed by atoms with van der Waals surface area (Å²) in [6.07, 6.45) is 0.0597. The fraction of sp³-hybridized carbons (Fsp3) is 0.292. The predicted molar refractivity (Wildman–Crippen MR) is 117 cm³/mol. The molecule has 4 nitrogen and oxygen atoms in total. The Bertz CT molecular complexity index is 1020. The van der Waals surface area contributed by atoms with Gasteiger partial charge in [-0.2, -0.15) is 0 Å². The van der Waals surface area contributed by atoms with Crippen molar-refractivity contribution >= 4 is 17.5 Å². The zero-order valence-corrected chi connectivity index (χ0v) is 17.7. The number of benzene rings is 2. The van der Waals surface area contributed by atoms with Crippen LogP contribution >= 0.6 is 11.6 Å². The molecule has 1 amide bonds. The maximum Gasteiger partial charge on any atom is 0.255 e. The van der Waals surface area contributed by atoms with Gasteiger partial charge in [0.15, 0.2) is 0 Å². The van der Waals surface area contributed by atoms with E-state index in [2.05, 4.69) is 16.7 Å². The molecule has 0 spiro atoms. The van der Waals surface area contributed by atoms with Crippen LogP contribution in [0.4, 0.5) is 0 Å². The van der Waals surface area contributed by atoms with Gasteiger partial charge in [-0.15, -0.1) is 0 Å². The lowest BCUT2D eigenvalue weighted by molar-refractivity contribution is -0.0586. The summed E-state index contributed by atoms with van der Waals surface area (Å²) in [5.41, 5.74) is 4.44. The second-order valence-corrected chi connectivity index (χ2v) is 8.06. The Morgan fingerprint density at radius 2 is 1.62 bits per heavy atom. The summed E-state index contributed by atoms with van der Waals surface area (Å²) in [4.78, 5) is 15.3. The lowest BCUT2D eigenvalue weighted by atomic mass is 10.1. The summed E-state index contributed by atoms with van der Waals surface area (Å²) < 4.78 is 7.88. The fourth-order valence-electron chi connectivity index (χ4n) is 4.10. The predicted octanol–water partition coefficient (Wildman–Crippen LogP) is 5.36. The first-order valence-corrected chi connectivity index (χ1v) is 10.3. The molecule has 0 unspecified atom stereocenters. The Morgan fingerprint density at radius 3 is 2.28 bits per heavy atom. The summed E-state index contributed by atoms with van der Waals surface area (Å²) >= 11 is 6.53. The van der Waals surface area contributed by atoms with Crippen LogP contribution in [0.25, 0.3) is 16.9 Å². The molecule has 4 rings (SSSR count). The number of rotatable bonds is 3. The molecule has 0 N–H and O–H groups in total. The minimum atomic E-state index is 0.0299. The van der Waals surface area contributed by atoms with Gasteiger partial charge >= 0.3 is 0 Å². The van der Waals surface area contributed by atoms with E-state index in [1.807, 2.05) is 74.2 Å². The number of morpholine rings is 1. The van der Waals surface area contributed by atoms with E-state index in [9.17, 15) is 4.79 Å². The SMILES string of the molecule is Cc1c(C(=O)N2C[C@H](C)O[C@@H](C)C2)cc(-c2ccccc2)n1-c1ccccc1Cl. The van der Waals surface area contributed by atoms with Crippen molar-refractivity contribution in [3.8, 4) is 16.9 Å². The fourth-order valence-corrected chi connectivity index (χ4v) is 4.32. The van der Waals surface area contributed by atoms with Gasteiger partial charge in [0, 0.05) is 18.8 Å². The summed E-state index contributed by atoms with van der Waals surface area (Å²) in [5, 5.41) is 0.649. The van der Waals surface area contributed by atoms with Gasteiger partial charge in [-0.3, -0.25) is 4.79 Å². The zero-order chi connectivity index (χ0) is 20.5. The molecule has 2 heterocycles. The van der Waals surface area contributed by atoms with Crippen molar-refractivity contribution in [2.45, 2.75) is 33.0 Å². The normalized spacial score (nSPS) is 19.4. The Kier molecular flexibility index (Phi) is 5.48. The molecule has 150 valence electrons. The minimum absolute atomic E-state index is 0.0299. The van der Waals surface area contributed by atoms with E-state index in [0.29, 0.717) is 23.7 Å². The van der Waals surface area contributed by atoms with Crippen LogP contribution in [0.3, 0.4) is 0 Å². The second-order valence-electron chi connectivity index (χ2n) is 7.65. The number of halogens is 1. The first kappa shape index (κ1) is 19.7. The van der Waals surface area contributed by atoms with E-state index >= 15 is 0 Å². The van der Waals surface area contributed by atoms with E-state index in [4.69, 9.17) is 16.3 Å². The topological polar surface area (TPSA) is 34.5 Å². The van der Waals surface area contributed by atoms with E-state index in [1.54, 1.807) is 0 Å². The number of carbonyl (C=O) groups excluding carboxylic acids is 1. The number of hydrogen-bond acceptors (Lipinski definition) is 2. The van der Waals surface area contributed by atoms with Gasteiger partial charge in [0.1, 0.15) is 0 Å². The highest BCUT2D eigenvalue weighted by atomic mass is 35.5. The van der Waals surface area contributed by atoms with Crippen molar-refractivity contribution in [2.24, 2.45) is 0 Å². The van der Waals surface area contributed by atoms with Gasteiger partial charge in [-0.1, -0.05) is 54.1 Å². The van der Waals surface area contributed by atoms with Crippen molar-refractivity contribution in [3.63, 3.8) is 0 Å². The average Bonchev–Trinajstić information content (AvgIpc) is 3.05. The highest BCUT2D eigenvalue weighted by molar-refractivity contribution is 6.32. The third-order valence-corrected chi connectivity index (χ3v) is 5.67. The summed E-state index contributed by atoms with van der Waals surface area (Å²) in [5.74, 6) is 0.0347. The minimum Gasteiger partial charge on any atom is -0.372 e. The van der Waals surface area contributed by atoms with Crippen LogP contribution in [0, 0.1) is 6.92 Å². The second kappa shape index (κ2) is 8.05. The number of carbonyl (C=O) groups is 1. The van der Waals surface area contributed by atoms with Crippen LogP contribution < -0.4 is 0 Å². The first-order valence-electron chi connectivity index (χ1n) is 9.93. The number of nitrogens with zero attached hydrogens (tertiary/aromatic N) is 2. The number of aromatic nitrogens is 1. The first-order chi connectivity index (χ1) is 14.0. The molecule has 1 aliphatic rings. The summed E-state index contributed by atoms with van der Waals surface area (Å²) in [6.45, 7) is 7.19. The molecule has 29 heavy (non-hydrogen) atoms. The van der Waals surface area contributed by atoms with Crippen molar-refractivity contribution in [1.29, 1.82) is 0 Å². The Balaban J connectivity index is 1.84. The maximum atomic E-state index is 13.4. The molecule has 1 aromatic heterocycles. The Hall–Kier alpha value is -2.56. The molecule has 3 aromatic rings. The van der Waals surface area contributed by atoms with Gasteiger partial charge in [0.05, 0.1) is 34.2 Å². The lowest BCUT2D eigenvalue weighted by Gasteiger charge is -2.35. The number of amides is 1. The standard InChI is InChI=1S/C24H25ClN2O2/c1-16-14-26(15-17(2)29-16)24(28)20-13-23(19-9-5-4-6-10-19)27(18(20)3)22-12-8-7-11-21(22)25/h4-13,16-17H,14-15H2,1-3H3/t16-,17-/m0/s1. The Labute approximate surface area is 176 Å². The van der Waals surface area contributed by atoms with Crippen LogP contribution in [-0.4, -0.2) is 40.7 Å². The van der Waals surface area contributed by atoms with Crippen LogP contribution in [0.15, 0.2) is 60.7 Å². The summed E-state index contributed by atoms with van der Waals surface area (Å²) in [6, 6.07) is 19.8. The molecule has 0 bridgehead atoms. The number of para-hydroxylation sites is 1. The molecule has 2 aromatic carbocycles. The van der Waals surface area contributed by atoms with Gasteiger partial charge in [0.2, 0.25) is 0 Å². The maximum absolute atomic E-state index is 13.4. The molecule has 0 saturated carbocycles. The third-order valence-electron chi connectivity index (χ3n) is 5.35. The van der Waals surface area contributed by atoms with Gasteiger partial charge in [-0.25, -0.2) is 0 Å². The average molecular weight is 409 g/mol. The van der Waals surface area contributed by atoms with Crippen molar-refractivity contribution in [2.75, 3.05) is 13.1 Å². The van der Waals surface area contributed by atoms with Gasteiger partial charge in [0.25, 0.3) is 5.91 Å². The molecule has 5 heteroatoms. The monoisotopic (exact) mass is 408 g/mol. The highest BCUT2D eigenvalue weighted by Gasteiger charge is 2.29. The molecule has 0 aliphatic carbocycles. The van der Waals surface area contributed by atoms with Crippen LogP contribution in [0.1, 0.15) is 29.9 Å². The van der Waals surface area contributed by atoms with E-state index in [1.165, 1.54) is 0 Å². The smallest absolute Gasteiger partial charge is 0.255 e.